The second-order valence-electron chi connectivity index (χ2n) is 4.82. The van der Waals surface area contributed by atoms with Gasteiger partial charge in [0.1, 0.15) is 0 Å². The number of rotatable bonds is 5. The Hall–Kier alpha value is 0.1000. The minimum absolute atomic E-state index is 0.801. The van der Waals surface area contributed by atoms with Gasteiger partial charge >= 0.3 is 0 Å². The third kappa shape index (κ3) is 3.29. The Morgan fingerprint density at radius 3 is 2.88 bits per heavy atom. The van der Waals surface area contributed by atoms with Gasteiger partial charge in [-0.1, -0.05) is 6.92 Å². The molecule has 90 valence electrons. The van der Waals surface area contributed by atoms with Gasteiger partial charge in [-0.2, -0.15) is 0 Å². The quantitative estimate of drug-likeness (QED) is 0.900. The van der Waals surface area contributed by atoms with Crippen LogP contribution in [0.1, 0.15) is 11.8 Å². The smallest absolute Gasteiger partial charge is 0.0325 e. The number of nitrogens with zero attached hydrogens (tertiary/aromatic N) is 1. The summed E-state index contributed by atoms with van der Waals surface area (Å²) in [7, 11) is 2.22. The Labute approximate surface area is 110 Å². The van der Waals surface area contributed by atoms with Crippen molar-refractivity contribution in [2.45, 2.75) is 13.5 Å². The summed E-state index contributed by atoms with van der Waals surface area (Å²) < 4.78 is 1.21. The van der Waals surface area contributed by atoms with E-state index in [9.17, 15) is 0 Å². The molecule has 16 heavy (non-hydrogen) atoms. The van der Waals surface area contributed by atoms with Crippen molar-refractivity contribution in [2.75, 3.05) is 26.7 Å². The maximum Gasteiger partial charge on any atom is 0.0325 e. The van der Waals surface area contributed by atoms with Crippen molar-refractivity contribution in [1.82, 2.24) is 10.2 Å². The summed E-state index contributed by atoms with van der Waals surface area (Å²) in [5.74, 6) is 1.69. The molecule has 1 saturated heterocycles. The van der Waals surface area contributed by atoms with Gasteiger partial charge in [0.2, 0.25) is 0 Å². The van der Waals surface area contributed by atoms with Crippen LogP contribution in [0.3, 0.4) is 0 Å². The Morgan fingerprint density at radius 2 is 2.38 bits per heavy atom. The van der Waals surface area contributed by atoms with E-state index in [2.05, 4.69) is 51.6 Å². The fourth-order valence-electron chi connectivity index (χ4n) is 2.12. The molecule has 0 aliphatic carbocycles. The minimum Gasteiger partial charge on any atom is -0.316 e. The van der Waals surface area contributed by atoms with Crippen molar-refractivity contribution in [3.8, 4) is 0 Å². The predicted molar refractivity (Wildman–Crippen MR) is 73.9 cm³/mol. The largest absolute Gasteiger partial charge is 0.316 e. The van der Waals surface area contributed by atoms with E-state index in [1.54, 1.807) is 0 Å². The minimum atomic E-state index is 0.801. The number of thiophene rings is 1. The van der Waals surface area contributed by atoms with Gasteiger partial charge in [-0.15, -0.1) is 11.3 Å². The van der Waals surface area contributed by atoms with Gasteiger partial charge in [0, 0.05) is 27.8 Å². The van der Waals surface area contributed by atoms with Crippen LogP contribution in [0.25, 0.3) is 0 Å². The van der Waals surface area contributed by atoms with Crippen molar-refractivity contribution in [2.24, 2.45) is 11.8 Å². The van der Waals surface area contributed by atoms with Crippen molar-refractivity contribution >= 4 is 27.3 Å². The van der Waals surface area contributed by atoms with Gasteiger partial charge in [0.25, 0.3) is 0 Å². The van der Waals surface area contributed by atoms with E-state index in [0.717, 1.165) is 18.4 Å². The Bertz CT molecular complexity index is 336. The monoisotopic (exact) mass is 302 g/mol. The molecule has 1 aromatic heterocycles. The number of nitrogens with one attached hydrogen (secondary N) is 1. The Kier molecular flexibility index (Phi) is 4.41. The highest BCUT2D eigenvalue weighted by atomic mass is 79.9. The van der Waals surface area contributed by atoms with Gasteiger partial charge in [-0.05, 0) is 54.0 Å². The van der Waals surface area contributed by atoms with E-state index in [1.807, 2.05) is 11.3 Å². The van der Waals surface area contributed by atoms with E-state index in [1.165, 1.54) is 29.0 Å². The van der Waals surface area contributed by atoms with Gasteiger partial charge in [-0.25, -0.2) is 0 Å². The molecule has 1 aliphatic heterocycles. The molecule has 1 atom stereocenters. The van der Waals surface area contributed by atoms with Crippen molar-refractivity contribution in [3.05, 3.63) is 20.8 Å². The zero-order valence-corrected chi connectivity index (χ0v) is 12.3. The maximum atomic E-state index is 3.50. The molecule has 1 unspecified atom stereocenters. The molecule has 0 amide bonds. The van der Waals surface area contributed by atoms with E-state index in [0.29, 0.717) is 0 Å². The summed E-state index contributed by atoms with van der Waals surface area (Å²) in [6.07, 6.45) is 0. The second kappa shape index (κ2) is 5.63. The highest BCUT2D eigenvalue weighted by Gasteiger charge is 2.24. The fraction of sp³-hybridized carbons (Fsp3) is 0.667. The van der Waals surface area contributed by atoms with Crippen LogP contribution in [0.2, 0.25) is 0 Å². The third-order valence-corrected chi connectivity index (χ3v) is 4.95. The highest BCUT2D eigenvalue weighted by Crippen LogP contribution is 2.22. The molecule has 2 rings (SSSR count). The standard InChI is InChI=1S/C12H19BrN2S/c1-9(10-4-14-5-10)6-15(2)7-12-3-11(13)8-16-12/h3,8-10,14H,4-7H2,1-2H3. The summed E-state index contributed by atoms with van der Waals surface area (Å²) in [6, 6.07) is 2.22. The van der Waals surface area contributed by atoms with Crippen LogP contribution in [0.5, 0.6) is 0 Å². The normalized spacial score (nSPS) is 18.8. The Balaban J connectivity index is 1.77. The molecule has 0 bridgehead atoms. The summed E-state index contributed by atoms with van der Waals surface area (Å²) in [5.41, 5.74) is 0. The van der Waals surface area contributed by atoms with Crippen LogP contribution >= 0.6 is 27.3 Å². The molecule has 0 saturated carbocycles. The van der Waals surface area contributed by atoms with Crippen molar-refractivity contribution in [1.29, 1.82) is 0 Å². The van der Waals surface area contributed by atoms with E-state index < -0.39 is 0 Å². The summed E-state index contributed by atoms with van der Waals surface area (Å²) in [4.78, 5) is 3.87. The van der Waals surface area contributed by atoms with Crippen molar-refractivity contribution < 1.29 is 0 Å². The zero-order chi connectivity index (χ0) is 11.5. The second-order valence-corrected chi connectivity index (χ2v) is 6.74. The molecule has 0 aromatic carbocycles. The molecular formula is C12H19BrN2S. The van der Waals surface area contributed by atoms with Crippen LogP contribution in [0.4, 0.5) is 0 Å². The van der Waals surface area contributed by atoms with Crippen LogP contribution in [0.15, 0.2) is 15.9 Å². The van der Waals surface area contributed by atoms with Crippen LogP contribution in [0, 0.1) is 11.8 Å². The lowest BCUT2D eigenvalue weighted by Crippen LogP contribution is -2.47. The topological polar surface area (TPSA) is 15.3 Å². The summed E-state index contributed by atoms with van der Waals surface area (Å²) >= 11 is 5.33. The lowest BCUT2D eigenvalue weighted by molar-refractivity contribution is 0.183. The number of hydrogen-bond donors (Lipinski definition) is 1. The van der Waals surface area contributed by atoms with E-state index in [4.69, 9.17) is 0 Å². The van der Waals surface area contributed by atoms with Crippen molar-refractivity contribution in [3.63, 3.8) is 0 Å². The van der Waals surface area contributed by atoms with Crippen LogP contribution in [-0.4, -0.2) is 31.6 Å². The van der Waals surface area contributed by atoms with Gasteiger partial charge in [0.05, 0.1) is 0 Å². The molecular weight excluding hydrogens is 284 g/mol. The van der Waals surface area contributed by atoms with Gasteiger partial charge < -0.3 is 10.2 Å². The fourth-order valence-corrected chi connectivity index (χ4v) is 3.65. The van der Waals surface area contributed by atoms with Crippen LogP contribution < -0.4 is 5.32 Å². The number of hydrogen-bond acceptors (Lipinski definition) is 3. The first-order chi connectivity index (χ1) is 7.65. The Morgan fingerprint density at radius 1 is 1.62 bits per heavy atom. The summed E-state index contributed by atoms with van der Waals surface area (Å²) in [5, 5.41) is 5.50. The molecule has 2 heterocycles. The molecule has 4 heteroatoms. The van der Waals surface area contributed by atoms with Gasteiger partial charge in [0.15, 0.2) is 0 Å². The molecule has 1 aromatic rings. The lowest BCUT2D eigenvalue weighted by Gasteiger charge is -2.34. The SMILES string of the molecule is CC(CN(C)Cc1cc(Br)cs1)C1CNC1. The molecule has 1 aliphatic rings. The van der Waals surface area contributed by atoms with Crippen LogP contribution in [-0.2, 0) is 6.54 Å². The molecule has 2 nitrogen and oxygen atoms in total. The first-order valence-corrected chi connectivity index (χ1v) is 7.44. The number of halogens is 1. The first-order valence-electron chi connectivity index (χ1n) is 5.77. The predicted octanol–water partition coefficient (Wildman–Crippen LogP) is 2.80. The lowest BCUT2D eigenvalue weighted by atomic mass is 9.89. The third-order valence-electron chi connectivity index (χ3n) is 3.26. The van der Waals surface area contributed by atoms with Gasteiger partial charge in [-0.3, -0.25) is 0 Å². The average Bonchev–Trinajstić information content (AvgIpc) is 2.47. The molecule has 0 spiro atoms. The van der Waals surface area contributed by atoms with E-state index in [-0.39, 0.29) is 0 Å². The molecule has 1 fully saturated rings. The summed E-state index contributed by atoms with van der Waals surface area (Å²) in [6.45, 7) is 7.05. The van der Waals surface area contributed by atoms with E-state index >= 15 is 0 Å². The average molecular weight is 303 g/mol. The maximum absolute atomic E-state index is 3.50. The highest BCUT2D eigenvalue weighted by molar-refractivity contribution is 9.10. The zero-order valence-electron chi connectivity index (χ0n) is 9.87. The molecule has 0 radical (unpaired) electrons. The first kappa shape index (κ1) is 12.6. The molecule has 1 N–H and O–H groups in total.